The van der Waals surface area contributed by atoms with Crippen LogP contribution < -0.4 is 10.1 Å². The van der Waals surface area contributed by atoms with Crippen molar-refractivity contribution in [3.05, 3.63) is 41.5 Å². The van der Waals surface area contributed by atoms with Crippen LogP contribution in [-0.2, 0) is 41.7 Å². The summed E-state index contributed by atoms with van der Waals surface area (Å²) in [5.74, 6) is -0.485. The van der Waals surface area contributed by atoms with Gasteiger partial charge in [-0.2, -0.15) is 0 Å². The number of ether oxygens (including phenoxy) is 3. The van der Waals surface area contributed by atoms with Crippen molar-refractivity contribution in [1.82, 2.24) is 10.2 Å². The smallest absolute Gasteiger partial charge is 0.311 e. The molecule has 42 heavy (non-hydrogen) atoms. The lowest BCUT2D eigenvalue weighted by molar-refractivity contribution is -0.199. The van der Waals surface area contributed by atoms with Crippen LogP contribution in [0.25, 0.3) is 0 Å². The molecule has 0 unspecified atom stereocenters. The van der Waals surface area contributed by atoms with E-state index in [1.807, 2.05) is 18.2 Å². The molecule has 11 nitrogen and oxygen atoms in total. The Morgan fingerprint density at radius 1 is 1.05 bits per heavy atom. The predicted molar refractivity (Wildman–Crippen MR) is 153 cm³/mol. The Bertz CT molecular complexity index is 1110. The zero-order chi connectivity index (χ0) is 30.7. The van der Waals surface area contributed by atoms with Crippen LogP contribution in [-0.4, -0.2) is 77.0 Å². The molecule has 2 aliphatic rings. The van der Waals surface area contributed by atoms with Crippen molar-refractivity contribution < 1.29 is 43.6 Å². The van der Waals surface area contributed by atoms with Gasteiger partial charge in [0.2, 0.25) is 12.2 Å². The Morgan fingerprint density at radius 2 is 1.79 bits per heavy atom. The molecule has 1 fully saturated rings. The first kappa shape index (κ1) is 33.2. The fourth-order valence-electron chi connectivity index (χ4n) is 4.51. The monoisotopic (exact) mass is 588 g/mol. The van der Waals surface area contributed by atoms with Gasteiger partial charge in [-0.3, -0.25) is 24.1 Å². The van der Waals surface area contributed by atoms with Crippen LogP contribution in [0.5, 0.6) is 5.75 Å². The van der Waals surface area contributed by atoms with Gasteiger partial charge in [0.15, 0.2) is 0 Å². The summed E-state index contributed by atoms with van der Waals surface area (Å²) in [5.41, 5.74) is 0.975. The summed E-state index contributed by atoms with van der Waals surface area (Å²) < 4.78 is 17.0. The van der Waals surface area contributed by atoms with Crippen molar-refractivity contribution >= 4 is 23.7 Å². The minimum absolute atomic E-state index is 0.00883. The van der Waals surface area contributed by atoms with Gasteiger partial charge in [0.1, 0.15) is 18.5 Å². The summed E-state index contributed by atoms with van der Waals surface area (Å²) in [6, 6.07) is 5.62. The van der Waals surface area contributed by atoms with Gasteiger partial charge in [-0.1, -0.05) is 18.6 Å². The molecular formula is C31H44N2O9. The molecule has 3 N–H and O–H groups in total. The second kappa shape index (κ2) is 15.8. The van der Waals surface area contributed by atoms with Crippen LogP contribution in [0.4, 0.5) is 0 Å². The normalized spacial score (nSPS) is 20.6. The average molecular weight is 589 g/mol. The number of benzene rings is 1. The molecule has 3 rings (SSSR count). The molecule has 0 saturated carbocycles. The Balaban J connectivity index is 1.41. The minimum Gasteiger partial charge on any atom is -0.462 e. The van der Waals surface area contributed by atoms with Gasteiger partial charge < -0.3 is 29.7 Å². The van der Waals surface area contributed by atoms with Crippen LogP contribution in [0.3, 0.4) is 0 Å². The average Bonchev–Trinajstić information content (AvgIpc) is 3.25. The minimum atomic E-state index is -0.998. The van der Waals surface area contributed by atoms with Crippen molar-refractivity contribution in [2.45, 2.75) is 97.2 Å². The third kappa shape index (κ3) is 10.5. The molecule has 3 atom stereocenters. The lowest BCUT2D eigenvalue weighted by Gasteiger charge is -2.31. The largest absolute Gasteiger partial charge is 0.462 e. The number of nitrogens with one attached hydrogen (secondary N) is 1. The van der Waals surface area contributed by atoms with Crippen LogP contribution in [0.2, 0.25) is 0 Å². The number of nitrogens with zero attached hydrogens (tertiary/aromatic N) is 1. The SMILES string of the molecule is CC(C)(C)C(=O)OCc1ccc(CCCCNC(=O)CCCCCN2C(=O)C=CC2=O)cc1O[C@@H]1OC[C@H](O)C[C@@H]1O. The van der Waals surface area contributed by atoms with Gasteiger partial charge in [-0.15, -0.1) is 0 Å². The number of hydrogen-bond acceptors (Lipinski definition) is 9. The van der Waals surface area contributed by atoms with E-state index in [2.05, 4.69) is 5.32 Å². The number of imide groups is 1. The van der Waals surface area contributed by atoms with Gasteiger partial charge in [0.25, 0.3) is 11.8 Å². The third-order valence-electron chi connectivity index (χ3n) is 7.03. The number of unbranched alkanes of at least 4 members (excludes halogenated alkanes) is 3. The summed E-state index contributed by atoms with van der Waals surface area (Å²) in [4.78, 5) is 48.7. The first-order valence-corrected chi connectivity index (χ1v) is 14.7. The summed E-state index contributed by atoms with van der Waals surface area (Å²) in [7, 11) is 0. The van der Waals surface area contributed by atoms with Crippen molar-refractivity contribution in [1.29, 1.82) is 0 Å². The maximum absolute atomic E-state index is 12.3. The zero-order valence-electron chi connectivity index (χ0n) is 24.8. The van der Waals surface area contributed by atoms with Crippen LogP contribution in [0.1, 0.15) is 76.8 Å². The number of carbonyl (C=O) groups excluding carboxylic acids is 4. The van der Waals surface area contributed by atoms with E-state index >= 15 is 0 Å². The van der Waals surface area contributed by atoms with Gasteiger partial charge in [0, 0.05) is 43.6 Å². The van der Waals surface area contributed by atoms with Crippen LogP contribution in [0.15, 0.2) is 30.4 Å². The fourth-order valence-corrected chi connectivity index (χ4v) is 4.51. The molecule has 0 spiro atoms. The van der Waals surface area contributed by atoms with E-state index in [1.165, 1.54) is 17.1 Å². The van der Waals surface area contributed by atoms with Gasteiger partial charge in [-0.05, 0) is 64.5 Å². The van der Waals surface area contributed by atoms with Crippen LogP contribution in [0, 0.1) is 5.41 Å². The first-order valence-electron chi connectivity index (χ1n) is 14.7. The molecular weight excluding hydrogens is 544 g/mol. The summed E-state index contributed by atoms with van der Waals surface area (Å²) in [6.45, 7) is 6.32. The molecule has 2 aliphatic heterocycles. The van der Waals surface area contributed by atoms with Gasteiger partial charge in [0.05, 0.1) is 18.1 Å². The van der Waals surface area contributed by atoms with E-state index < -0.39 is 23.9 Å². The van der Waals surface area contributed by atoms with E-state index in [0.717, 1.165) is 31.2 Å². The van der Waals surface area contributed by atoms with Crippen molar-refractivity contribution in [2.24, 2.45) is 5.41 Å². The molecule has 0 radical (unpaired) electrons. The molecule has 1 saturated heterocycles. The molecule has 0 bridgehead atoms. The Labute approximate surface area is 247 Å². The number of esters is 1. The molecule has 11 heteroatoms. The maximum atomic E-state index is 12.3. The maximum Gasteiger partial charge on any atom is 0.311 e. The number of hydrogen-bond donors (Lipinski definition) is 3. The molecule has 3 amide bonds. The number of amides is 3. The predicted octanol–water partition coefficient (Wildman–Crippen LogP) is 2.55. The van der Waals surface area contributed by atoms with Crippen LogP contribution >= 0.6 is 0 Å². The zero-order valence-corrected chi connectivity index (χ0v) is 24.8. The second-order valence-electron chi connectivity index (χ2n) is 11.8. The highest BCUT2D eigenvalue weighted by molar-refractivity contribution is 6.12. The Kier molecular flexibility index (Phi) is 12.5. The number of aryl methyl sites for hydroxylation is 1. The van der Waals surface area contributed by atoms with Crippen molar-refractivity contribution in [3.8, 4) is 5.75 Å². The third-order valence-corrected chi connectivity index (χ3v) is 7.03. The highest BCUT2D eigenvalue weighted by atomic mass is 16.7. The molecule has 0 aliphatic carbocycles. The molecule has 2 heterocycles. The topological polar surface area (TPSA) is 152 Å². The quantitative estimate of drug-likeness (QED) is 0.159. The van der Waals surface area contributed by atoms with E-state index in [9.17, 15) is 29.4 Å². The number of aliphatic hydroxyl groups is 2. The van der Waals surface area contributed by atoms with Gasteiger partial charge in [-0.25, -0.2) is 0 Å². The number of rotatable bonds is 15. The van der Waals surface area contributed by atoms with Crippen molar-refractivity contribution in [2.75, 3.05) is 19.7 Å². The summed E-state index contributed by atoms with van der Waals surface area (Å²) in [6.07, 6.45) is 4.82. The van der Waals surface area contributed by atoms with E-state index in [-0.39, 0.29) is 43.3 Å². The lowest BCUT2D eigenvalue weighted by Crippen LogP contribution is -2.44. The second-order valence-corrected chi connectivity index (χ2v) is 11.8. The number of carbonyl (C=O) groups is 4. The van der Waals surface area contributed by atoms with E-state index in [4.69, 9.17) is 14.2 Å². The Morgan fingerprint density at radius 3 is 2.48 bits per heavy atom. The fraction of sp³-hybridized carbons (Fsp3) is 0.613. The molecule has 232 valence electrons. The lowest BCUT2D eigenvalue weighted by atomic mass is 9.97. The molecule has 1 aromatic rings. The van der Waals surface area contributed by atoms with Crippen molar-refractivity contribution in [3.63, 3.8) is 0 Å². The first-order chi connectivity index (χ1) is 19.9. The Hall–Kier alpha value is -3.28. The van der Waals surface area contributed by atoms with E-state index in [0.29, 0.717) is 43.7 Å². The molecule has 1 aromatic carbocycles. The number of aliphatic hydroxyl groups excluding tert-OH is 2. The summed E-state index contributed by atoms with van der Waals surface area (Å²) in [5, 5.41) is 23.0. The van der Waals surface area contributed by atoms with E-state index in [1.54, 1.807) is 20.8 Å². The summed E-state index contributed by atoms with van der Waals surface area (Å²) >= 11 is 0. The molecule has 0 aromatic heterocycles. The highest BCUT2D eigenvalue weighted by Crippen LogP contribution is 2.28. The van der Waals surface area contributed by atoms with Gasteiger partial charge >= 0.3 is 5.97 Å². The standard InChI is InChI=1S/C31H44N2O9/c1-31(2,3)30(39)41-19-22-12-11-21(17-25(22)42-29-24(35)18-23(34)20-40-29)9-6-7-15-32-26(36)10-5-4-8-16-33-27(37)13-14-28(33)38/h11-14,17,23-24,29,34-35H,4-10,15-16,18-20H2,1-3H3,(H,32,36)/t23-,24+,29+/m1/s1. The highest BCUT2D eigenvalue weighted by Gasteiger charge is 2.31.